The van der Waals surface area contributed by atoms with Crippen LogP contribution in [0.2, 0.25) is 0 Å². The molecule has 0 atom stereocenters. The second-order valence-electron chi connectivity index (χ2n) is 6.10. The molecule has 1 saturated carbocycles. The smallest absolute Gasteiger partial charge is 0.240 e. The van der Waals surface area contributed by atoms with Crippen molar-refractivity contribution in [3.8, 4) is 0 Å². The van der Waals surface area contributed by atoms with Crippen molar-refractivity contribution in [2.75, 3.05) is 33.2 Å². The first-order valence-corrected chi connectivity index (χ1v) is 9.38. The van der Waals surface area contributed by atoms with E-state index in [2.05, 4.69) is 10.0 Å². The van der Waals surface area contributed by atoms with E-state index in [4.69, 9.17) is 0 Å². The van der Waals surface area contributed by atoms with Crippen LogP contribution >= 0.6 is 0 Å². The summed E-state index contributed by atoms with van der Waals surface area (Å²) >= 11 is 0. The molecule has 1 aliphatic rings. The van der Waals surface area contributed by atoms with E-state index in [1.54, 1.807) is 31.3 Å². The van der Waals surface area contributed by atoms with E-state index >= 15 is 0 Å². The van der Waals surface area contributed by atoms with Crippen molar-refractivity contribution >= 4 is 15.9 Å². The normalized spacial score (nSPS) is 14.7. The van der Waals surface area contributed by atoms with Crippen molar-refractivity contribution in [1.29, 1.82) is 0 Å². The Hall–Kier alpha value is -1.44. The van der Waals surface area contributed by atoms with E-state index in [9.17, 15) is 13.2 Å². The zero-order valence-electron chi connectivity index (χ0n) is 13.7. The summed E-state index contributed by atoms with van der Waals surface area (Å²) in [4.78, 5) is 13.7. The fourth-order valence-electron chi connectivity index (χ4n) is 2.11. The van der Waals surface area contributed by atoms with Gasteiger partial charge in [-0.25, -0.2) is 13.1 Å². The Labute approximate surface area is 138 Å². The van der Waals surface area contributed by atoms with Crippen LogP contribution in [-0.4, -0.2) is 52.5 Å². The first kappa shape index (κ1) is 17.9. The van der Waals surface area contributed by atoms with Gasteiger partial charge in [-0.15, -0.1) is 0 Å². The van der Waals surface area contributed by atoms with Gasteiger partial charge in [0.1, 0.15) is 0 Å². The molecule has 7 heteroatoms. The molecule has 2 N–H and O–H groups in total. The van der Waals surface area contributed by atoms with Crippen LogP contribution in [0, 0.1) is 12.8 Å². The van der Waals surface area contributed by atoms with Gasteiger partial charge in [0.15, 0.2) is 0 Å². The highest BCUT2D eigenvalue weighted by atomic mass is 32.2. The van der Waals surface area contributed by atoms with Gasteiger partial charge in [0.2, 0.25) is 15.9 Å². The summed E-state index contributed by atoms with van der Waals surface area (Å²) in [6, 6.07) is 6.67. The Balaban J connectivity index is 1.71. The second kappa shape index (κ2) is 7.90. The molecule has 1 fully saturated rings. The molecule has 128 valence electrons. The highest BCUT2D eigenvalue weighted by Crippen LogP contribution is 2.27. The van der Waals surface area contributed by atoms with Gasteiger partial charge in [0.25, 0.3) is 0 Å². The number of sulfonamides is 1. The van der Waals surface area contributed by atoms with E-state index in [1.807, 2.05) is 6.92 Å². The molecule has 1 aromatic carbocycles. The number of hydrogen-bond acceptors (Lipinski definition) is 4. The Morgan fingerprint density at radius 3 is 2.52 bits per heavy atom. The van der Waals surface area contributed by atoms with Crippen LogP contribution in [0.15, 0.2) is 29.2 Å². The maximum Gasteiger partial charge on any atom is 0.240 e. The van der Waals surface area contributed by atoms with Crippen molar-refractivity contribution in [2.24, 2.45) is 5.92 Å². The summed E-state index contributed by atoms with van der Waals surface area (Å²) in [6.45, 7) is 3.63. The number of aryl methyl sites for hydroxylation is 1. The molecule has 1 amide bonds. The monoisotopic (exact) mass is 339 g/mol. The molecule has 1 aromatic rings. The topological polar surface area (TPSA) is 78.5 Å². The first-order chi connectivity index (χ1) is 10.9. The zero-order valence-corrected chi connectivity index (χ0v) is 14.5. The van der Waals surface area contributed by atoms with Crippen LogP contribution in [0.25, 0.3) is 0 Å². The van der Waals surface area contributed by atoms with E-state index in [0.29, 0.717) is 13.1 Å². The van der Waals surface area contributed by atoms with E-state index in [-0.39, 0.29) is 17.3 Å². The summed E-state index contributed by atoms with van der Waals surface area (Å²) in [5.41, 5.74) is 1.01. The lowest BCUT2D eigenvalue weighted by molar-refractivity contribution is -0.128. The molecular formula is C16H25N3O3S. The van der Waals surface area contributed by atoms with Crippen LogP contribution < -0.4 is 10.0 Å². The second-order valence-corrected chi connectivity index (χ2v) is 7.87. The van der Waals surface area contributed by atoms with Gasteiger partial charge >= 0.3 is 0 Å². The number of hydrogen-bond donors (Lipinski definition) is 2. The molecule has 1 aliphatic carbocycles. The summed E-state index contributed by atoms with van der Waals surface area (Å²) in [5.74, 6) is 0.703. The number of likely N-dealkylation sites (N-methyl/N-ethyl adjacent to an activating group) is 1. The third-order valence-corrected chi connectivity index (χ3v) is 5.38. The summed E-state index contributed by atoms with van der Waals surface area (Å²) < 4.78 is 26.8. The Morgan fingerprint density at radius 2 is 1.91 bits per heavy atom. The molecule has 0 unspecified atom stereocenters. The van der Waals surface area contributed by atoms with Gasteiger partial charge in [-0.1, -0.05) is 17.7 Å². The molecule has 0 aromatic heterocycles. The number of carbonyl (C=O) groups is 1. The molecule has 23 heavy (non-hydrogen) atoms. The molecule has 0 aliphatic heterocycles. The fourth-order valence-corrected chi connectivity index (χ4v) is 3.13. The minimum Gasteiger partial charge on any atom is -0.343 e. The highest BCUT2D eigenvalue weighted by molar-refractivity contribution is 7.89. The maximum atomic E-state index is 12.1. The maximum absolute atomic E-state index is 12.1. The van der Waals surface area contributed by atoms with E-state index in [1.165, 1.54) is 17.7 Å². The number of benzene rings is 1. The largest absolute Gasteiger partial charge is 0.343 e. The number of amides is 1. The molecule has 2 rings (SSSR count). The average Bonchev–Trinajstić information content (AvgIpc) is 3.31. The standard InChI is InChI=1S/C16H25N3O3S/c1-13-3-7-15(8-4-13)23(21,22)18-9-10-19(2)16(20)12-17-11-14-5-6-14/h3-4,7-8,14,17-18H,5-6,9-12H2,1-2H3. The van der Waals surface area contributed by atoms with Crippen molar-refractivity contribution in [2.45, 2.75) is 24.7 Å². The predicted octanol–water partition coefficient (Wildman–Crippen LogP) is 0.731. The van der Waals surface area contributed by atoms with Crippen LogP contribution in [-0.2, 0) is 14.8 Å². The molecule has 0 spiro atoms. The van der Waals surface area contributed by atoms with Crippen LogP contribution in [0.4, 0.5) is 0 Å². The number of carbonyl (C=O) groups excluding carboxylic acids is 1. The molecule has 0 heterocycles. The lowest BCUT2D eigenvalue weighted by Gasteiger charge is -2.18. The molecule has 6 nitrogen and oxygen atoms in total. The molecule has 0 bridgehead atoms. The summed E-state index contributed by atoms with van der Waals surface area (Å²) in [5, 5.41) is 3.14. The minimum atomic E-state index is -3.52. The van der Waals surface area contributed by atoms with Gasteiger partial charge < -0.3 is 10.2 Å². The minimum absolute atomic E-state index is 0.0276. The van der Waals surface area contributed by atoms with Crippen molar-refractivity contribution in [3.63, 3.8) is 0 Å². The Morgan fingerprint density at radius 1 is 1.26 bits per heavy atom. The van der Waals surface area contributed by atoms with Gasteiger partial charge in [0.05, 0.1) is 11.4 Å². The first-order valence-electron chi connectivity index (χ1n) is 7.89. The van der Waals surface area contributed by atoms with Gasteiger partial charge in [-0.05, 0) is 44.4 Å². The lowest BCUT2D eigenvalue weighted by atomic mass is 10.2. The van der Waals surface area contributed by atoms with Gasteiger partial charge in [-0.3, -0.25) is 4.79 Å². The van der Waals surface area contributed by atoms with Crippen LogP contribution in [0.1, 0.15) is 18.4 Å². The molecular weight excluding hydrogens is 314 g/mol. The SMILES string of the molecule is Cc1ccc(S(=O)(=O)NCCN(C)C(=O)CNCC2CC2)cc1. The van der Waals surface area contributed by atoms with E-state index < -0.39 is 10.0 Å². The molecule has 0 saturated heterocycles. The average molecular weight is 339 g/mol. The quantitative estimate of drug-likeness (QED) is 0.695. The summed E-state index contributed by atoms with van der Waals surface area (Å²) in [7, 11) is -1.84. The van der Waals surface area contributed by atoms with Crippen molar-refractivity contribution in [3.05, 3.63) is 29.8 Å². The summed E-state index contributed by atoms with van der Waals surface area (Å²) in [6.07, 6.45) is 2.50. The van der Waals surface area contributed by atoms with Gasteiger partial charge in [0, 0.05) is 20.1 Å². The highest BCUT2D eigenvalue weighted by Gasteiger charge is 2.21. The van der Waals surface area contributed by atoms with Crippen molar-refractivity contribution in [1.82, 2.24) is 14.9 Å². The van der Waals surface area contributed by atoms with Crippen molar-refractivity contribution < 1.29 is 13.2 Å². The number of nitrogens with zero attached hydrogens (tertiary/aromatic N) is 1. The molecule has 0 radical (unpaired) electrons. The number of nitrogens with one attached hydrogen (secondary N) is 2. The zero-order chi connectivity index (χ0) is 16.9. The third kappa shape index (κ3) is 5.93. The number of rotatable bonds is 9. The Bertz CT molecular complexity index is 624. The van der Waals surface area contributed by atoms with Crippen LogP contribution in [0.5, 0.6) is 0 Å². The van der Waals surface area contributed by atoms with E-state index in [0.717, 1.165) is 18.0 Å². The third-order valence-electron chi connectivity index (χ3n) is 3.90. The van der Waals surface area contributed by atoms with Crippen LogP contribution in [0.3, 0.4) is 0 Å². The van der Waals surface area contributed by atoms with Gasteiger partial charge in [-0.2, -0.15) is 0 Å². The lowest BCUT2D eigenvalue weighted by Crippen LogP contribution is -2.40. The fraction of sp³-hybridized carbons (Fsp3) is 0.562. The Kier molecular flexibility index (Phi) is 6.15. The predicted molar refractivity (Wildman–Crippen MR) is 89.6 cm³/mol.